The number of anilines is 1. The number of hydrogen-bond acceptors (Lipinski definition) is 7. The third-order valence-electron chi connectivity index (χ3n) is 7.80. The summed E-state index contributed by atoms with van der Waals surface area (Å²) in [6, 6.07) is 4.03. The largest absolute Gasteiger partial charge is 0.507 e. The summed E-state index contributed by atoms with van der Waals surface area (Å²) in [6.45, 7) is 4.27. The topological polar surface area (TPSA) is 97.0 Å². The van der Waals surface area contributed by atoms with Gasteiger partial charge < -0.3 is 10.0 Å². The van der Waals surface area contributed by atoms with Crippen molar-refractivity contribution in [1.29, 1.82) is 0 Å². The van der Waals surface area contributed by atoms with E-state index in [4.69, 9.17) is 0 Å². The number of fused-ring (bicyclic) bond motifs is 2. The maximum absolute atomic E-state index is 15.5. The molecule has 2 aromatic heterocycles. The summed E-state index contributed by atoms with van der Waals surface area (Å²) in [7, 11) is 3.22. The quantitative estimate of drug-likeness (QED) is 0.603. The first-order valence-corrected chi connectivity index (χ1v) is 11.6. The summed E-state index contributed by atoms with van der Waals surface area (Å²) in [5.41, 5.74) is -0.427. The standard InChI is InChI=1S/C25H28F2N6O2/c1-24-7-8-25(2,13-24)21(27)17(10-24)33(4)19-11-28-22(31-30-19)15-6-5-14(9-18(15)34)20-16(26)12-32(3)23(35)29-20/h5-6,9,11-12,17,21,34H,7-8,10,13H2,1-4H3/t17-,21-,24-,25-/m0/s1. The van der Waals surface area contributed by atoms with Crippen molar-refractivity contribution in [1.82, 2.24) is 24.7 Å². The fourth-order valence-electron chi connectivity index (χ4n) is 5.86. The Hall–Kier alpha value is -3.43. The highest BCUT2D eigenvalue weighted by molar-refractivity contribution is 5.71. The van der Waals surface area contributed by atoms with Crippen LogP contribution >= 0.6 is 0 Å². The molecule has 2 bridgehead atoms. The Balaban J connectivity index is 1.39. The van der Waals surface area contributed by atoms with Gasteiger partial charge in [-0.25, -0.2) is 18.6 Å². The van der Waals surface area contributed by atoms with Crippen LogP contribution in [0.5, 0.6) is 5.75 Å². The second kappa shape index (κ2) is 8.07. The molecule has 2 aliphatic rings. The van der Waals surface area contributed by atoms with E-state index in [2.05, 4.69) is 27.1 Å². The van der Waals surface area contributed by atoms with Crippen LogP contribution in [0, 0.1) is 16.6 Å². The molecule has 5 rings (SSSR count). The first-order valence-electron chi connectivity index (χ1n) is 11.6. The summed E-state index contributed by atoms with van der Waals surface area (Å²) in [6.07, 6.45) is 5.17. The fourth-order valence-corrected chi connectivity index (χ4v) is 5.86. The fraction of sp³-hybridized carbons (Fsp3) is 0.480. The van der Waals surface area contributed by atoms with E-state index in [0.717, 1.165) is 36.4 Å². The second-order valence-corrected chi connectivity index (χ2v) is 10.6. The highest BCUT2D eigenvalue weighted by Crippen LogP contribution is 2.59. The van der Waals surface area contributed by atoms with Crippen LogP contribution in [0.1, 0.15) is 39.5 Å². The molecule has 8 nitrogen and oxygen atoms in total. The van der Waals surface area contributed by atoms with Crippen molar-refractivity contribution in [3.63, 3.8) is 0 Å². The van der Waals surface area contributed by atoms with Crippen molar-refractivity contribution in [2.45, 2.75) is 51.7 Å². The minimum Gasteiger partial charge on any atom is -0.507 e. The molecule has 10 heteroatoms. The SMILES string of the molecule is CN(c1cnc(-c2ccc(-c3nc(=O)n(C)cc3F)cc2O)nn1)[C@H]1C[C@]2(C)CC[C@@](C)(C2)[C@H]1F. The first-order chi connectivity index (χ1) is 16.5. The first kappa shape index (κ1) is 23.3. The van der Waals surface area contributed by atoms with Crippen molar-refractivity contribution in [3.05, 3.63) is 46.9 Å². The van der Waals surface area contributed by atoms with Crippen LogP contribution in [0.2, 0.25) is 0 Å². The molecule has 0 radical (unpaired) electrons. The summed E-state index contributed by atoms with van der Waals surface area (Å²) in [5, 5.41) is 19.0. The van der Waals surface area contributed by atoms with E-state index in [1.807, 2.05) is 18.9 Å². The van der Waals surface area contributed by atoms with Crippen molar-refractivity contribution in [2.75, 3.05) is 11.9 Å². The molecule has 0 unspecified atom stereocenters. The second-order valence-electron chi connectivity index (χ2n) is 10.6. The van der Waals surface area contributed by atoms with Gasteiger partial charge in [-0.05, 0) is 43.2 Å². The highest BCUT2D eigenvalue weighted by Gasteiger charge is 2.56. The Morgan fingerprint density at radius 2 is 2.00 bits per heavy atom. The van der Waals surface area contributed by atoms with Gasteiger partial charge >= 0.3 is 5.69 Å². The molecule has 2 fully saturated rings. The minimum absolute atomic E-state index is 0.127. The number of aromatic nitrogens is 5. The van der Waals surface area contributed by atoms with Crippen LogP contribution in [0.15, 0.2) is 35.4 Å². The Morgan fingerprint density at radius 3 is 2.69 bits per heavy atom. The van der Waals surface area contributed by atoms with Gasteiger partial charge in [0.05, 0.1) is 17.8 Å². The number of alkyl halides is 1. The molecule has 4 atom stereocenters. The van der Waals surface area contributed by atoms with Gasteiger partial charge in [0.2, 0.25) is 0 Å². The van der Waals surface area contributed by atoms with Crippen molar-refractivity contribution in [3.8, 4) is 28.4 Å². The molecule has 0 amide bonds. The smallest absolute Gasteiger partial charge is 0.348 e. The zero-order chi connectivity index (χ0) is 25.1. The lowest BCUT2D eigenvalue weighted by Gasteiger charge is -2.46. The molecule has 1 N–H and O–H groups in total. The molecule has 0 saturated heterocycles. The van der Waals surface area contributed by atoms with E-state index in [0.29, 0.717) is 11.4 Å². The number of phenols is 1. The van der Waals surface area contributed by atoms with E-state index >= 15 is 4.39 Å². The van der Waals surface area contributed by atoms with Crippen molar-refractivity contribution >= 4 is 5.82 Å². The normalized spacial score (nSPS) is 27.7. The average molecular weight is 483 g/mol. The van der Waals surface area contributed by atoms with Gasteiger partial charge in [0, 0.05) is 31.3 Å². The molecular weight excluding hydrogens is 454 g/mol. The predicted octanol–water partition coefficient (Wildman–Crippen LogP) is 3.89. The van der Waals surface area contributed by atoms with Gasteiger partial charge in [0.15, 0.2) is 17.5 Å². The van der Waals surface area contributed by atoms with E-state index in [-0.39, 0.29) is 39.7 Å². The maximum atomic E-state index is 15.5. The van der Waals surface area contributed by atoms with E-state index in [9.17, 15) is 14.3 Å². The van der Waals surface area contributed by atoms with Crippen LogP contribution in [0.25, 0.3) is 22.6 Å². The number of aromatic hydroxyl groups is 1. The Labute approximate surface area is 201 Å². The van der Waals surface area contributed by atoms with Crippen LogP contribution in [0.4, 0.5) is 14.6 Å². The van der Waals surface area contributed by atoms with Gasteiger partial charge in [-0.2, -0.15) is 4.98 Å². The molecule has 1 aromatic carbocycles. The third-order valence-corrected chi connectivity index (χ3v) is 7.80. The monoisotopic (exact) mass is 482 g/mol. The van der Waals surface area contributed by atoms with Crippen molar-refractivity contribution in [2.24, 2.45) is 17.9 Å². The van der Waals surface area contributed by atoms with Gasteiger partial charge in [0.25, 0.3) is 0 Å². The summed E-state index contributed by atoms with van der Waals surface area (Å²) in [4.78, 5) is 21.7. The van der Waals surface area contributed by atoms with Crippen LogP contribution in [-0.4, -0.2) is 49.1 Å². The Kier molecular flexibility index (Phi) is 5.37. The number of halogens is 2. The lowest BCUT2D eigenvalue weighted by molar-refractivity contribution is 0.0380. The van der Waals surface area contributed by atoms with Crippen LogP contribution in [0.3, 0.4) is 0 Å². The van der Waals surface area contributed by atoms with Gasteiger partial charge in [-0.15, -0.1) is 10.2 Å². The highest BCUT2D eigenvalue weighted by atomic mass is 19.1. The van der Waals surface area contributed by atoms with Gasteiger partial charge in [-0.3, -0.25) is 4.57 Å². The number of benzene rings is 1. The molecular formula is C25H28F2N6O2. The molecule has 35 heavy (non-hydrogen) atoms. The Morgan fingerprint density at radius 1 is 1.23 bits per heavy atom. The van der Waals surface area contributed by atoms with Gasteiger partial charge in [-0.1, -0.05) is 19.9 Å². The lowest BCUT2D eigenvalue weighted by atomic mass is 9.67. The Bertz CT molecular complexity index is 1350. The predicted molar refractivity (Wildman–Crippen MR) is 127 cm³/mol. The lowest BCUT2D eigenvalue weighted by Crippen LogP contribution is -2.52. The molecule has 2 heterocycles. The van der Waals surface area contributed by atoms with E-state index in [1.54, 1.807) is 0 Å². The number of rotatable bonds is 4. The summed E-state index contributed by atoms with van der Waals surface area (Å²) in [5.74, 6) is -0.268. The minimum atomic E-state index is -0.968. The molecule has 0 aliphatic heterocycles. The zero-order valence-electron chi connectivity index (χ0n) is 20.2. The molecule has 0 spiro atoms. The van der Waals surface area contributed by atoms with E-state index < -0.39 is 17.7 Å². The number of hydrogen-bond donors (Lipinski definition) is 1. The maximum Gasteiger partial charge on any atom is 0.348 e. The van der Waals surface area contributed by atoms with Crippen molar-refractivity contribution < 1.29 is 13.9 Å². The zero-order valence-corrected chi connectivity index (χ0v) is 20.2. The summed E-state index contributed by atoms with van der Waals surface area (Å²) < 4.78 is 30.8. The average Bonchev–Trinajstić information content (AvgIpc) is 3.10. The molecule has 3 aromatic rings. The van der Waals surface area contributed by atoms with Gasteiger partial charge in [0.1, 0.15) is 17.6 Å². The number of nitrogens with zero attached hydrogens (tertiary/aromatic N) is 6. The number of phenolic OH excluding ortho intramolecular Hbond substituents is 1. The third kappa shape index (κ3) is 3.94. The molecule has 2 aliphatic carbocycles. The summed E-state index contributed by atoms with van der Waals surface area (Å²) >= 11 is 0. The molecule has 184 valence electrons. The molecule has 2 saturated carbocycles. The van der Waals surface area contributed by atoms with Crippen LogP contribution in [-0.2, 0) is 7.05 Å². The van der Waals surface area contributed by atoms with Crippen LogP contribution < -0.4 is 10.6 Å². The number of aryl methyl sites for hydroxylation is 1. The van der Waals surface area contributed by atoms with E-state index in [1.165, 1.54) is 31.4 Å².